The van der Waals surface area contributed by atoms with Crippen LogP contribution in [0.25, 0.3) is 0 Å². The topological polar surface area (TPSA) is 40.2 Å². The van der Waals surface area contributed by atoms with Crippen LogP contribution in [0.3, 0.4) is 0 Å². The summed E-state index contributed by atoms with van der Waals surface area (Å²) in [6.45, 7) is 12.6. The van der Waals surface area contributed by atoms with E-state index in [0.29, 0.717) is 29.6 Å². The van der Waals surface area contributed by atoms with E-state index in [0.717, 1.165) is 38.6 Å². The molecule has 2 aliphatic carbocycles. The Hall–Kier alpha value is -0.160. The summed E-state index contributed by atoms with van der Waals surface area (Å²) >= 11 is 0. The molecule has 0 amide bonds. The fraction of sp³-hybridized carbons (Fsp3) is 1.00. The highest BCUT2D eigenvalue weighted by Crippen LogP contribution is 2.63. The van der Waals surface area contributed by atoms with E-state index in [9.17, 15) is 0 Å². The van der Waals surface area contributed by atoms with E-state index < -0.39 is 0 Å². The monoisotopic (exact) mass is 354 g/mol. The van der Waals surface area contributed by atoms with E-state index in [1.54, 1.807) is 7.11 Å². The van der Waals surface area contributed by atoms with Crippen molar-refractivity contribution in [2.75, 3.05) is 33.7 Å². The van der Waals surface area contributed by atoms with Crippen molar-refractivity contribution in [3.63, 3.8) is 0 Å². The van der Waals surface area contributed by atoms with Gasteiger partial charge in [0.25, 0.3) is 0 Å². The lowest BCUT2D eigenvalue weighted by atomic mass is 9.45. The van der Waals surface area contributed by atoms with Crippen molar-refractivity contribution < 1.29 is 18.9 Å². The van der Waals surface area contributed by atoms with Crippen molar-refractivity contribution in [3.8, 4) is 0 Å². The molecule has 2 saturated carbocycles. The molecule has 1 heterocycles. The van der Waals surface area contributed by atoms with Crippen LogP contribution < -0.4 is 0 Å². The standard InChI is InChI=1S/C21H38O4/c1-19(2)9-6-10-20(3)17(19)7-11-21(4,25-15-22-5)18(20)8-12-23-13-16-14-24-16/h16-18H,6-15H2,1-5H3/t16?,17?,18-,20+,21-/m1/s1. The van der Waals surface area contributed by atoms with E-state index in [1.165, 1.54) is 25.7 Å². The minimum atomic E-state index is -0.117. The molecule has 0 aromatic heterocycles. The molecule has 3 fully saturated rings. The Balaban J connectivity index is 1.75. The second-order valence-corrected chi connectivity index (χ2v) is 9.67. The number of hydrogen-bond acceptors (Lipinski definition) is 4. The van der Waals surface area contributed by atoms with Gasteiger partial charge >= 0.3 is 0 Å². The highest BCUT2D eigenvalue weighted by atomic mass is 16.7. The number of rotatable bonds is 8. The van der Waals surface area contributed by atoms with E-state index >= 15 is 0 Å². The zero-order valence-corrected chi connectivity index (χ0v) is 16.9. The molecule has 1 saturated heterocycles. The van der Waals surface area contributed by atoms with Gasteiger partial charge in [-0.05, 0) is 61.7 Å². The SMILES string of the molecule is COCO[C@]1(C)CCC2C(C)(C)CCC[C@]2(C)[C@H]1CCOCC1CO1. The predicted octanol–water partition coefficient (Wildman–Crippen LogP) is 4.41. The van der Waals surface area contributed by atoms with Crippen molar-refractivity contribution >= 4 is 0 Å². The van der Waals surface area contributed by atoms with Gasteiger partial charge < -0.3 is 18.9 Å². The quantitative estimate of drug-likeness (QED) is 0.368. The molecular weight excluding hydrogens is 316 g/mol. The molecule has 0 bridgehead atoms. The van der Waals surface area contributed by atoms with E-state index in [4.69, 9.17) is 18.9 Å². The summed E-state index contributed by atoms with van der Waals surface area (Å²) in [6, 6.07) is 0. The Morgan fingerprint density at radius 2 is 1.84 bits per heavy atom. The molecule has 0 aromatic rings. The first-order chi connectivity index (χ1) is 11.8. The Kier molecular flexibility index (Phi) is 5.85. The molecule has 25 heavy (non-hydrogen) atoms. The molecule has 2 unspecified atom stereocenters. The zero-order chi connectivity index (χ0) is 18.1. The summed E-state index contributed by atoms with van der Waals surface area (Å²) in [5, 5.41) is 0. The van der Waals surface area contributed by atoms with Gasteiger partial charge in [0, 0.05) is 13.7 Å². The predicted molar refractivity (Wildman–Crippen MR) is 98.5 cm³/mol. The summed E-state index contributed by atoms with van der Waals surface area (Å²) in [5.74, 6) is 1.28. The van der Waals surface area contributed by atoms with Crippen molar-refractivity contribution in [1.29, 1.82) is 0 Å². The number of methoxy groups -OCH3 is 1. The molecule has 4 heteroatoms. The molecule has 0 spiro atoms. The minimum absolute atomic E-state index is 0.117. The molecule has 1 aliphatic heterocycles. The summed E-state index contributed by atoms with van der Waals surface area (Å²) in [6.07, 6.45) is 7.78. The van der Waals surface area contributed by atoms with Crippen LogP contribution in [0.4, 0.5) is 0 Å². The van der Waals surface area contributed by atoms with Gasteiger partial charge in [-0.1, -0.05) is 27.2 Å². The van der Waals surface area contributed by atoms with Gasteiger partial charge in [0.1, 0.15) is 12.9 Å². The normalized spacial score (nSPS) is 42.8. The van der Waals surface area contributed by atoms with Gasteiger partial charge in [-0.3, -0.25) is 0 Å². The van der Waals surface area contributed by atoms with E-state index in [-0.39, 0.29) is 5.60 Å². The summed E-state index contributed by atoms with van der Waals surface area (Å²) < 4.78 is 22.8. The molecule has 5 atom stereocenters. The maximum atomic E-state index is 6.30. The van der Waals surface area contributed by atoms with E-state index in [1.807, 2.05) is 0 Å². The largest absolute Gasteiger partial charge is 0.379 e. The first-order valence-electron chi connectivity index (χ1n) is 10.1. The Bertz CT molecular complexity index is 447. The molecular formula is C21H38O4. The zero-order valence-electron chi connectivity index (χ0n) is 16.9. The van der Waals surface area contributed by atoms with Crippen LogP contribution in [0.2, 0.25) is 0 Å². The van der Waals surface area contributed by atoms with Crippen LogP contribution in [-0.2, 0) is 18.9 Å². The lowest BCUT2D eigenvalue weighted by Crippen LogP contribution is -2.58. The van der Waals surface area contributed by atoms with E-state index in [2.05, 4.69) is 27.7 Å². The summed E-state index contributed by atoms with van der Waals surface area (Å²) in [7, 11) is 1.72. The van der Waals surface area contributed by atoms with Crippen LogP contribution in [0, 0.1) is 22.7 Å². The number of ether oxygens (including phenoxy) is 4. The Labute approximate surface area is 153 Å². The molecule has 146 valence electrons. The van der Waals surface area contributed by atoms with Gasteiger partial charge in [0.15, 0.2) is 0 Å². The fourth-order valence-electron chi connectivity index (χ4n) is 6.19. The maximum Gasteiger partial charge on any atom is 0.147 e. The third kappa shape index (κ3) is 4.07. The highest BCUT2D eigenvalue weighted by Gasteiger charge is 2.58. The molecule has 3 aliphatic rings. The van der Waals surface area contributed by atoms with Gasteiger partial charge in [0.05, 0.1) is 18.8 Å². The van der Waals surface area contributed by atoms with Crippen molar-refractivity contribution in [2.45, 2.75) is 77.9 Å². The smallest absolute Gasteiger partial charge is 0.147 e. The second-order valence-electron chi connectivity index (χ2n) is 9.67. The van der Waals surface area contributed by atoms with Crippen LogP contribution >= 0.6 is 0 Å². The van der Waals surface area contributed by atoms with Crippen molar-refractivity contribution in [2.24, 2.45) is 22.7 Å². The van der Waals surface area contributed by atoms with Gasteiger partial charge in [-0.25, -0.2) is 0 Å². The lowest BCUT2D eigenvalue weighted by Gasteiger charge is -2.62. The number of hydrogen-bond donors (Lipinski definition) is 0. The third-order valence-electron chi connectivity index (χ3n) is 7.50. The third-order valence-corrected chi connectivity index (χ3v) is 7.50. The highest BCUT2D eigenvalue weighted by molar-refractivity contribution is 5.07. The molecule has 0 N–H and O–H groups in total. The first-order valence-corrected chi connectivity index (χ1v) is 10.1. The Morgan fingerprint density at radius 1 is 1.08 bits per heavy atom. The van der Waals surface area contributed by atoms with Gasteiger partial charge in [0.2, 0.25) is 0 Å². The molecule has 4 nitrogen and oxygen atoms in total. The Morgan fingerprint density at radius 3 is 2.52 bits per heavy atom. The fourth-order valence-corrected chi connectivity index (χ4v) is 6.19. The maximum absolute atomic E-state index is 6.30. The van der Waals surface area contributed by atoms with Crippen LogP contribution in [0.1, 0.15) is 66.2 Å². The van der Waals surface area contributed by atoms with Crippen LogP contribution in [-0.4, -0.2) is 45.4 Å². The first kappa shape index (κ1) is 19.6. The van der Waals surface area contributed by atoms with Gasteiger partial charge in [-0.15, -0.1) is 0 Å². The molecule has 0 aromatic carbocycles. The number of fused-ring (bicyclic) bond motifs is 1. The van der Waals surface area contributed by atoms with Crippen LogP contribution in [0.15, 0.2) is 0 Å². The summed E-state index contributed by atoms with van der Waals surface area (Å²) in [5.41, 5.74) is 0.632. The van der Waals surface area contributed by atoms with Crippen molar-refractivity contribution in [3.05, 3.63) is 0 Å². The second kappa shape index (κ2) is 7.46. The average Bonchev–Trinajstić information content (AvgIpc) is 3.35. The summed E-state index contributed by atoms with van der Waals surface area (Å²) in [4.78, 5) is 0. The minimum Gasteiger partial charge on any atom is -0.379 e. The average molecular weight is 355 g/mol. The lowest BCUT2D eigenvalue weighted by molar-refractivity contribution is -0.223. The van der Waals surface area contributed by atoms with Crippen LogP contribution in [0.5, 0.6) is 0 Å². The van der Waals surface area contributed by atoms with Crippen molar-refractivity contribution in [1.82, 2.24) is 0 Å². The molecule has 0 radical (unpaired) electrons. The molecule has 3 rings (SSSR count). The number of epoxide rings is 1. The van der Waals surface area contributed by atoms with Gasteiger partial charge in [-0.2, -0.15) is 0 Å².